The Kier molecular flexibility index (Phi) is 6.02. The number of amides is 1. The van der Waals surface area contributed by atoms with Crippen LogP contribution in [0, 0.1) is 0 Å². The van der Waals surface area contributed by atoms with Gasteiger partial charge in [0.15, 0.2) is 0 Å². The zero-order valence-electron chi connectivity index (χ0n) is 20.4. The number of primary amides is 1. The lowest BCUT2D eigenvalue weighted by Gasteiger charge is -2.28. The molecule has 3 N–H and O–H groups in total. The van der Waals surface area contributed by atoms with E-state index in [0.29, 0.717) is 5.56 Å². The molecule has 0 unspecified atom stereocenters. The van der Waals surface area contributed by atoms with Crippen LogP contribution in [0.1, 0.15) is 47.5 Å². The molecule has 5 aromatic rings. The van der Waals surface area contributed by atoms with Gasteiger partial charge >= 0.3 is 0 Å². The Bertz CT molecular complexity index is 1580. The zero-order chi connectivity index (χ0) is 25.4. The number of pyridine rings is 2. The third-order valence-corrected chi connectivity index (χ3v) is 7.42. The lowest BCUT2D eigenvalue weighted by atomic mass is 9.79. The number of aromatic nitrogens is 3. The van der Waals surface area contributed by atoms with Crippen LogP contribution in [0.15, 0.2) is 91.4 Å². The number of imidazole rings is 1. The van der Waals surface area contributed by atoms with E-state index in [1.54, 1.807) is 6.07 Å². The van der Waals surface area contributed by atoms with Gasteiger partial charge in [0.05, 0.1) is 23.7 Å². The molecule has 1 aliphatic carbocycles. The second-order valence-electron chi connectivity index (χ2n) is 9.75. The van der Waals surface area contributed by atoms with Crippen LogP contribution >= 0.6 is 0 Å². The van der Waals surface area contributed by atoms with Crippen LogP contribution in [0.25, 0.3) is 39.3 Å². The van der Waals surface area contributed by atoms with Crippen molar-refractivity contribution in [1.29, 1.82) is 0 Å². The molecule has 0 saturated heterocycles. The zero-order valence-corrected chi connectivity index (χ0v) is 20.4. The second kappa shape index (κ2) is 9.64. The number of carbonyl (C=O) groups excluding carboxylic acids is 1. The van der Waals surface area contributed by atoms with Crippen molar-refractivity contribution in [3.05, 3.63) is 103 Å². The fraction of sp³-hybridized carbons (Fsp3) is 0.194. The Morgan fingerprint density at radius 2 is 1.68 bits per heavy atom. The molecule has 6 nitrogen and oxygen atoms in total. The summed E-state index contributed by atoms with van der Waals surface area (Å²) in [5, 5.41) is 10.0. The largest absolute Gasteiger partial charge is 0.393 e. The van der Waals surface area contributed by atoms with Gasteiger partial charge in [0.25, 0.3) is 0 Å². The van der Waals surface area contributed by atoms with E-state index in [1.165, 1.54) is 0 Å². The first-order chi connectivity index (χ1) is 18.1. The molecule has 6 rings (SSSR count). The fourth-order valence-corrected chi connectivity index (χ4v) is 5.42. The first-order valence-corrected chi connectivity index (χ1v) is 12.7. The monoisotopic (exact) mass is 488 g/mol. The normalized spacial score (nSPS) is 17.6. The maximum atomic E-state index is 11.9. The number of hydrogen-bond donors (Lipinski definition) is 2. The summed E-state index contributed by atoms with van der Waals surface area (Å²) in [5.41, 5.74) is 14.2. The number of hydrogen-bond acceptors (Lipinski definition) is 4. The third-order valence-electron chi connectivity index (χ3n) is 7.42. The summed E-state index contributed by atoms with van der Waals surface area (Å²) in [4.78, 5) is 21.2. The minimum Gasteiger partial charge on any atom is -0.393 e. The lowest BCUT2D eigenvalue weighted by Crippen LogP contribution is -2.18. The first-order valence-electron chi connectivity index (χ1n) is 12.7. The van der Waals surface area contributed by atoms with Crippen molar-refractivity contribution in [2.24, 2.45) is 5.73 Å². The Hall–Kier alpha value is -4.29. The number of rotatable bonds is 5. The number of nitrogens with two attached hydrogens (primary N) is 1. The standard InChI is InChI=1S/C31H28N4O2/c32-31(37)24-8-11-26(27(16-24)20-6-9-25(36)10-7-20)22-13-15-35-29(19-34-30(35)18-22)23-12-14-33-28(17-23)21-4-2-1-3-5-21/h1-5,8,11-20,25,36H,6-7,9-10H2,(H2,32,37). The number of nitrogens with zero attached hydrogens (tertiary/aromatic N) is 3. The van der Waals surface area contributed by atoms with Crippen LogP contribution in [0.4, 0.5) is 0 Å². The number of carbonyl (C=O) groups is 1. The topological polar surface area (TPSA) is 93.5 Å². The first kappa shape index (κ1) is 23.1. The molecular formula is C31H28N4O2. The molecule has 184 valence electrons. The van der Waals surface area contributed by atoms with Gasteiger partial charge in [0.2, 0.25) is 5.91 Å². The summed E-state index contributed by atoms with van der Waals surface area (Å²) in [5.74, 6) is -0.151. The fourth-order valence-electron chi connectivity index (χ4n) is 5.42. The van der Waals surface area contributed by atoms with Crippen molar-refractivity contribution < 1.29 is 9.90 Å². The Balaban J connectivity index is 1.39. The molecule has 37 heavy (non-hydrogen) atoms. The highest BCUT2D eigenvalue weighted by molar-refractivity contribution is 5.94. The molecule has 3 aromatic heterocycles. The van der Waals surface area contributed by atoms with Gasteiger partial charge in [-0.05, 0) is 84.7 Å². The van der Waals surface area contributed by atoms with E-state index in [1.807, 2.05) is 55.0 Å². The SMILES string of the molecule is NC(=O)c1ccc(-c2ccn3c(-c4ccnc(-c5ccccc5)c4)cnc3c2)c(C2CCC(O)CC2)c1. The summed E-state index contributed by atoms with van der Waals surface area (Å²) >= 11 is 0. The molecule has 0 atom stereocenters. The highest BCUT2D eigenvalue weighted by atomic mass is 16.3. The van der Waals surface area contributed by atoms with Crippen LogP contribution in [0.5, 0.6) is 0 Å². The quantitative estimate of drug-likeness (QED) is 0.325. The molecular weight excluding hydrogens is 460 g/mol. The van der Waals surface area contributed by atoms with Gasteiger partial charge in [-0.3, -0.25) is 14.2 Å². The van der Waals surface area contributed by atoms with Gasteiger partial charge in [-0.25, -0.2) is 4.98 Å². The summed E-state index contributed by atoms with van der Waals surface area (Å²) in [7, 11) is 0. The van der Waals surface area contributed by atoms with E-state index in [0.717, 1.165) is 70.5 Å². The highest BCUT2D eigenvalue weighted by Gasteiger charge is 2.24. The molecule has 0 aliphatic heterocycles. The van der Waals surface area contributed by atoms with Crippen molar-refractivity contribution in [3.8, 4) is 33.6 Å². The molecule has 3 heterocycles. The number of benzene rings is 2. The number of fused-ring (bicyclic) bond motifs is 1. The number of aliphatic hydroxyl groups excluding tert-OH is 1. The third kappa shape index (κ3) is 4.52. The van der Waals surface area contributed by atoms with E-state index in [9.17, 15) is 9.90 Å². The molecule has 1 fully saturated rings. The Morgan fingerprint density at radius 3 is 2.46 bits per heavy atom. The van der Waals surface area contributed by atoms with Crippen molar-refractivity contribution >= 4 is 11.6 Å². The van der Waals surface area contributed by atoms with E-state index < -0.39 is 5.91 Å². The molecule has 0 bridgehead atoms. The van der Waals surface area contributed by atoms with Crippen LogP contribution < -0.4 is 5.73 Å². The van der Waals surface area contributed by atoms with Crippen LogP contribution in [-0.2, 0) is 0 Å². The smallest absolute Gasteiger partial charge is 0.248 e. The maximum Gasteiger partial charge on any atom is 0.248 e. The van der Waals surface area contributed by atoms with E-state index >= 15 is 0 Å². The van der Waals surface area contributed by atoms with Gasteiger partial charge in [-0.15, -0.1) is 0 Å². The van der Waals surface area contributed by atoms with Gasteiger partial charge in [-0.2, -0.15) is 0 Å². The summed E-state index contributed by atoms with van der Waals surface area (Å²) in [6.45, 7) is 0. The highest BCUT2D eigenvalue weighted by Crippen LogP contribution is 2.39. The Labute approximate surface area is 215 Å². The van der Waals surface area contributed by atoms with Crippen LogP contribution in [0.3, 0.4) is 0 Å². The summed E-state index contributed by atoms with van der Waals surface area (Å²) in [6, 6.07) is 24.1. The molecule has 1 saturated carbocycles. The average molecular weight is 489 g/mol. The van der Waals surface area contributed by atoms with Gasteiger partial charge < -0.3 is 10.8 Å². The van der Waals surface area contributed by atoms with E-state index in [-0.39, 0.29) is 12.0 Å². The van der Waals surface area contributed by atoms with Crippen molar-refractivity contribution in [2.45, 2.75) is 37.7 Å². The molecule has 0 spiro atoms. The Morgan fingerprint density at radius 1 is 0.865 bits per heavy atom. The maximum absolute atomic E-state index is 11.9. The van der Waals surface area contributed by atoms with Gasteiger partial charge in [-0.1, -0.05) is 36.4 Å². The van der Waals surface area contributed by atoms with Gasteiger partial charge in [0.1, 0.15) is 5.65 Å². The molecule has 1 amide bonds. The van der Waals surface area contributed by atoms with Crippen LogP contribution in [0.2, 0.25) is 0 Å². The molecule has 0 radical (unpaired) electrons. The minimum atomic E-state index is -0.427. The summed E-state index contributed by atoms with van der Waals surface area (Å²) in [6.07, 6.45) is 8.84. The second-order valence-corrected chi connectivity index (χ2v) is 9.75. The summed E-state index contributed by atoms with van der Waals surface area (Å²) < 4.78 is 2.09. The van der Waals surface area contributed by atoms with Crippen molar-refractivity contribution in [1.82, 2.24) is 14.4 Å². The van der Waals surface area contributed by atoms with Gasteiger partial charge in [0, 0.05) is 29.1 Å². The number of aliphatic hydroxyl groups is 1. The molecule has 1 aliphatic rings. The lowest BCUT2D eigenvalue weighted by molar-refractivity contribution is 0.0999. The van der Waals surface area contributed by atoms with Crippen LogP contribution in [-0.4, -0.2) is 31.5 Å². The van der Waals surface area contributed by atoms with Crippen molar-refractivity contribution in [2.75, 3.05) is 0 Å². The van der Waals surface area contributed by atoms with Crippen molar-refractivity contribution in [3.63, 3.8) is 0 Å². The molecule has 6 heteroatoms. The molecule has 2 aromatic carbocycles. The van der Waals surface area contributed by atoms with E-state index in [2.05, 4.69) is 39.7 Å². The predicted molar refractivity (Wildman–Crippen MR) is 145 cm³/mol. The predicted octanol–water partition coefficient (Wildman–Crippen LogP) is 5.85. The average Bonchev–Trinajstić information content (AvgIpc) is 3.37. The van der Waals surface area contributed by atoms with E-state index in [4.69, 9.17) is 10.7 Å². The minimum absolute atomic E-state index is 0.241.